The average Bonchev–Trinajstić information content (AvgIpc) is 2.47. The zero-order chi connectivity index (χ0) is 15.5. The Morgan fingerprint density at radius 1 is 1.10 bits per heavy atom. The van der Waals surface area contributed by atoms with Crippen LogP contribution in [0.25, 0.3) is 0 Å². The Balaban J connectivity index is 2.14. The van der Waals surface area contributed by atoms with E-state index in [1.807, 2.05) is 6.92 Å². The van der Waals surface area contributed by atoms with E-state index in [2.05, 4.69) is 0 Å². The number of hydrogen-bond acceptors (Lipinski definition) is 6. The minimum absolute atomic E-state index is 0.0383. The molecule has 6 heteroatoms. The molecule has 0 aliphatic rings. The fourth-order valence-corrected chi connectivity index (χ4v) is 1.44. The van der Waals surface area contributed by atoms with Gasteiger partial charge in [0, 0.05) is 0 Å². The highest BCUT2D eigenvalue weighted by atomic mass is 16.6. The minimum Gasteiger partial charge on any atom is -0.491 e. The van der Waals surface area contributed by atoms with Gasteiger partial charge < -0.3 is 19.9 Å². The fourth-order valence-electron chi connectivity index (χ4n) is 1.44. The van der Waals surface area contributed by atoms with Gasteiger partial charge in [-0.05, 0) is 18.6 Å². The van der Waals surface area contributed by atoms with Crippen LogP contribution in [0.3, 0.4) is 0 Å². The summed E-state index contributed by atoms with van der Waals surface area (Å²) < 4.78 is 15.0. The van der Waals surface area contributed by atoms with Crippen LogP contribution in [0.2, 0.25) is 0 Å². The lowest BCUT2D eigenvalue weighted by molar-refractivity contribution is -0.159. The number of ether oxygens (including phenoxy) is 3. The van der Waals surface area contributed by atoms with E-state index in [1.165, 1.54) is 0 Å². The number of rotatable bonds is 9. The van der Waals surface area contributed by atoms with Crippen molar-refractivity contribution in [1.82, 2.24) is 0 Å². The standard InChI is InChI=1S/C15H21NO5/c1-2-3-9-20-15(18)11-21-14(17)8-10-19-13-7-5-4-6-12(13)16/h4-7H,2-3,8-11,16H2,1H3. The second-order valence-electron chi connectivity index (χ2n) is 4.37. The molecule has 0 saturated carbocycles. The van der Waals surface area contributed by atoms with Gasteiger partial charge in [0.05, 0.1) is 25.3 Å². The molecule has 0 heterocycles. The van der Waals surface area contributed by atoms with Crippen LogP contribution in [0.4, 0.5) is 5.69 Å². The molecule has 6 nitrogen and oxygen atoms in total. The molecule has 116 valence electrons. The number of hydrogen-bond donors (Lipinski definition) is 1. The minimum atomic E-state index is -0.537. The summed E-state index contributed by atoms with van der Waals surface area (Å²) in [4.78, 5) is 22.6. The maximum atomic E-state index is 11.4. The number of carbonyl (C=O) groups is 2. The van der Waals surface area contributed by atoms with Crippen LogP contribution in [0, 0.1) is 0 Å². The van der Waals surface area contributed by atoms with Crippen LogP contribution in [-0.4, -0.2) is 31.8 Å². The maximum absolute atomic E-state index is 11.4. The van der Waals surface area contributed by atoms with Gasteiger partial charge in [-0.25, -0.2) is 4.79 Å². The van der Waals surface area contributed by atoms with Crippen molar-refractivity contribution in [3.63, 3.8) is 0 Å². The van der Waals surface area contributed by atoms with E-state index in [9.17, 15) is 9.59 Å². The largest absolute Gasteiger partial charge is 0.491 e. The first-order valence-corrected chi connectivity index (χ1v) is 6.92. The van der Waals surface area contributed by atoms with Crippen molar-refractivity contribution in [2.45, 2.75) is 26.2 Å². The van der Waals surface area contributed by atoms with Gasteiger partial charge in [0.15, 0.2) is 6.61 Å². The predicted octanol–water partition coefficient (Wildman–Crippen LogP) is 1.92. The predicted molar refractivity (Wildman–Crippen MR) is 77.8 cm³/mol. The van der Waals surface area contributed by atoms with Gasteiger partial charge in [-0.3, -0.25) is 4.79 Å². The highest BCUT2D eigenvalue weighted by Gasteiger charge is 2.09. The molecule has 0 aromatic heterocycles. The third-order valence-electron chi connectivity index (χ3n) is 2.59. The number of esters is 2. The first kappa shape index (κ1) is 16.8. The van der Waals surface area contributed by atoms with Gasteiger partial charge >= 0.3 is 11.9 Å². The lowest BCUT2D eigenvalue weighted by atomic mass is 10.3. The smallest absolute Gasteiger partial charge is 0.344 e. The van der Waals surface area contributed by atoms with Gasteiger partial charge in [0.2, 0.25) is 0 Å². The number of anilines is 1. The molecule has 1 aromatic carbocycles. The van der Waals surface area contributed by atoms with Crippen LogP contribution in [0.1, 0.15) is 26.2 Å². The Hall–Kier alpha value is -2.24. The average molecular weight is 295 g/mol. The Labute approximate surface area is 124 Å². The Bertz CT molecular complexity index is 461. The van der Waals surface area contributed by atoms with E-state index >= 15 is 0 Å². The number of para-hydroxylation sites is 2. The fraction of sp³-hybridized carbons (Fsp3) is 0.467. The first-order chi connectivity index (χ1) is 10.1. The summed E-state index contributed by atoms with van der Waals surface area (Å²) >= 11 is 0. The van der Waals surface area contributed by atoms with E-state index in [4.69, 9.17) is 19.9 Å². The zero-order valence-corrected chi connectivity index (χ0v) is 12.2. The van der Waals surface area contributed by atoms with Crippen LogP contribution >= 0.6 is 0 Å². The maximum Gasteiger partial charge on any atom is 0.344 e. The van der Waals surface area contributed by atoms with Gasteiger partial charge in [-0.1, -0.05) is 25.5 Å². The van der Waals surface area contributed by atoms with E-state index in [0.717, 1.165) is 12.8 Å². The van der Waals surface area contributed by atoms with Crippen LogP contribution in [0.5, 0.6) is 5.75 Å². The molecule has 21 heavy (non-hydrogen) atoms. The second-order valence-corrected chi connectivity index (χ2v) is 4.37. The molecule has 0 atom stereocenters. The van der Waals surface area contributed by atoms with E-state index < -0.39 is 11.9 Å². The van der Waals surface area contributed by atoms with Crippen LogP contribution < -0.4 is 10.5 Å². The third-order valence-corrected chi connectivity index (χ3v) is 2.59. The van der Waals surface area contributed by atoms with Crippen LogP contribution in [0.15, 0.2) is 24.3 Å². The molecule has 0 spiro atoms. The Morgan fingerprint density at radius 3 is 2.57 bits per heavy atom. The van der Waals surface area contributed by atoms with Crippen LogP contribution in [-0.2, 0) is 19.1 Å². The Kier molecular flexibility index (Phi) is 7.71. The number of carbonyl (C=O) groups excluding carboxylic acids is 2. The van der Waals surface area contributed by atoms with Crippen molar-refractivity contribution in [2.75, 3.05) is 25.6 Å². The normalized spacial score (nSPS) is 9.95. The third kappa shape index (κ3) is 7.20. The Morgan fingerprint density at radius 2 is 1.86 bits per heavy atom. The summed E-state index contributed by atoms with van der Waals surface area (Å²) in [6.07, 6.45) is 1.77. The monoisotopic (exact) mass is 295 g/mol. The van der Waals surface area contributed by atoms with Gasteiger partial charge in [0.1, 0.15) is 5.75 Å². The summed E-state index contributed by atoms with van der Waals surface area (Å²) in [6, 6.07) is 7.00. The van der Waals surface area contributed by atoms with E-state index in [0.29, 0.717) is 18.0 Å². The van der Waals surface area contributed by atoms with Gasteiger partial charge in [-0.15, -0.1) is 0 Å². The summed E-state index contributed by atoms with van der Waals surface area (Å²) in [6.45, 7) is 2.12. The van der Waals surface area contributed by atoms with Crippen molar-refractivity contribution >= 4 is 17.6 Å². The molecule has 2 N–H and O–H groups in total. The van der Waals surface area contributed by atoms with Gasteiger partial charge in [-0.2, -0.15) is 0 Å². The first-order valence-electron chi connectivity index (χ1n) is 6.92. The molecular formula is C15H21NO5. The number of nitrogens with two attached hydrogens (primary N) is 1. The van der Waals surface area contributed by atoms with E-state index in [-0.39, 0.29) is 19.6 Å². The molecular weight excluding hydrogens is 274 g/mol. The van der Waals surface area contributed by atoms with Crippen molar-refractivity contribution in [3.8, 4) is 5.75 Å². The molecule has 0 unspecified atom stereocenters. The lowest BCUT2D eigenvalue weighted by Gasteiger charge is -2.08. The lowest BCUT2D eigenvalue weighted by Crippen LogP contribution is -2.18. The molecule has 0 bridgehead atoms. The van der Waals surface area contributed by atoms with Crippen molar-refractivity contribution in [2.24, 2.45) is 0 Å². The van der Waals surface area contributed by atoms with Crippen molar-refractivity contribution < 1.29 is 23.8 Å². The van der Waals surface area contributed by atoms with Gasteiger partial charge in [0.25, 0.3) is 0 Å². The SMILES string of the molecule is CCCCOC(=O)COC(=O)CCOc1ccccc1N. The number of benzene rings is 1. The topological polar surface area (TPSA) is 87.8 Å². The summed E-state index contributed by atoms with van der Waals surface area (Å²) in [5, 5.41) is 0. The summed E-state index contributed by atoms with van der Waals surface area (Å²) in [5.74, 6) is -0.536. The molecule has 1 rings (SSSR count). The highest BCUT2D eigenvalue weighted by molar-refractivity contribution is 5.76. The number of unbranched alkanes of at least 4 members (excludes halogenated alkanes) is 1. The van der Waals surface area contributed by atoms with Crippen molar-refractivity contribution in [3.05, 3.63) is 24.3 Å². The second kappa shape index (κ2) is 9.63. The molecule has 0 saturated heterocycles. The molecule has 0 fully saturated rings. The quantitative estimate of drug-likeness (QED) is 0.425. The molecule has 1 aromatic rings. The molecule has 0 aliphatic heterocycles. The number of nitrogen functional groups attached to an aromatic ring is 1. The summed E-state index contributed by atoms with van der Waals surface area (Å²) in [7, 11) is 0. The van der Waals surface area contributed by atoms with E-state index in [1.54, 1.807) is 24.3 Å². The summed E-state index contributed by atoms with van der Waals surface area (Å²) in [5.41, 5.74) is 6.20. The molecule has 0 amide bonds. The zero-order valence-electron chi connectivity index (χ0n) is 12.2. The molecule has 0 aliphatic carbocycles. The molecule has 0 radical (unpaired) electrons. The highest BCUT2D eigenvalue weighted by Crippen LogP contribution is 2.19. The van der Waals surface area contributed by atoms with Crippen molar-refractivity contribution in [1.29, 1.82) is 0 Å².